The molecule has 2 atom stereocenters. The highest BCUT2D eigenvalue weighted by Gasteiger charge is 2.59. The molecule has 1 saturated carbocycles. The Morgan fingerprint density at radius 1 is 1.38 bits per heavy atom. The normalized spacial score (nSPS) is 26.9. The van der Waals surface area contributed by atoms with Crippen molar-refractivity contribution in [1.29, 1.82) is 0 Å². The van der Waals surface area contributed by atoms with Crippen LogP contribution in [0.2, 0.25) is 5.02 Å². The van der Waals surface area contributed by atoms with Gasteiger partial charge < -0.3 is 5.73 Å². The molecule has 88 valence electrons. The summed E-state index contributed by atoms with van der Waals surface area (Å²) in [4.78, 5) is 0. The number of hydrogen-bond acceptors (Lipinski definition) is 1. The number of hydrogen-bond donors (Lipinski definition) is 1. The van der Waals surface area contributed by atoms with Crippen molar-refractivity contribution in [1.82, 2.24) is 0 Å². The summed E-state index contributed by atoms with van der Waals surface area (Å²) in [5.41, 5.74) is 5.54. The van der Waals surface area contributed by atoms with Gasteiger partial charge >= 0.3 is 0 Å². The zero-order valence-electron chi connectivity index (χ0n) is 9.23. The second-order valence-corrected chi connectivity index (χ2v) is 5.31. The summed E-state index contributed by atoms with van der Waals surface area (Å²) in [6.07, 6.45) is 0. The largest absolute Gasteiger partial charge is 0.330 e. The van der Waals surface area contributed by atoms with Gasteiger partial charge in [-0.05, 0) is 35.9 Å². The third-order valence-electron chi connectivity index (χ3n) is 3.69. The Labute approximate surface area is 98.6 Å². The zero-order chi connectivity index (χ0) is 12.1. The van der Waals surface area contributed by atoms with Crippen LogP contribution in [0.4, 0.5) is 8.78 Å². The first-order valence-electron chi connectivity index (χ1n) is 5.24. The average Bonchev–Trinajstić information content (AvgIpc) is 2.75. The maximum atomic E-state index is 13.8. The SMILES string of the molecule is CC1(C)C(CN)C1c1c(F)ccc(Cl)c1F. The summed E-state index contributed by atoms with van der Waals surface area (Å²) < 4.78 is 27.4. The molecule has 1 aliphatic rings. The van der Waals surface area contributed by atoms with Crippen molar-refractivity contribution in [2.45, 2.75) is 19.8 Å². The molecule has 4 heteroatoms. The Morgan fingerprint density at radius 3 is 2.50 bits per heavy atom. The quantitative estimate of drug-likeness (QED) is 0.795. The molecular formula is C12H14ClF2N. The molecule has 1 aromatic rings. The van der Waals surface area contributed by atoms with Gasteiger partial charge in [-0.15, -0.1) is 0 Å². The highest BCUT2D eigenvalue weighted by atomic mass is 35.5. The van der Waals surface area contributed by atoms with E-state index in [0.29, 0.717) is 6.54 Å². The van der Waals surface area contributed by atoms with E-state index < -0.39 is 11.6 Å². The smallest absolute Gasteiger partial charge is 0.148 e. The third-order valence-corrected chi connectivity index (χ3v) is 3.99. The second-order valence-electron chi connectivity index (χ2n) is 4.90. The topological polar surface area (TPSA) is 26.0 Å². The minimum Gasteiger partial charge on any atom is -0.330 e. The molecule has 0 aliphatic heterocycles. The van der Waals surface area contributed by atoms with E-state index in [0.717, 1.165) is 0 Å². The minimum atomic E-state index is -0.643. The van der Waals surface area contributed by atoms with Crippen molar-refractivity contribution in [2.75, 3.05) is 6.54 Å². The fourth-order valence-electron chi connectivity index (χ4n) is 2.58. The maximum Gasteiger partial charge on any atom is 0.148 e. The first-order valence-corrected chi connectivity index (χ1v) is 5.62. The van der Waals surface area contributed by atoms with Crippen LogP contribution in [0.15, 0.2) is 12.1 Å². The summed E-state index contributed by atoms with van der Waals surface area (Å²) >= 11 is 5.67. The van der Waals surface area contributed by atoms with Crippen molar-refractivity contribution in [3.05, 3.63) is 34.4 Å². The molecule has 16 heavy (non-hydrogen) atoms. The van der Waals surface area contributed by atoms with E-state index in [4.69, 9.17) is 17.3 Å². The van der Waals surface area contributed by atoms with Gasteiger partial charge in [0.25, 0.3) is 0 Å². The first-order chi connectivity index (χ1) is 7.41. The maximum absolute atomic E-state index is 13.8. The fourth-order valence-corrected chi connectivity index (χ4v) is 2.75. The predicted molar refractivity (Wildman–Crippen MR) is 60.4 cm³/mol. The summed E-state index contributed by atoms with van der Waals surface area (Å²) in [5.74, 6) is -1.22. The Hall–Kier alpha value is -0.670. The van der Waals surface area contributed by atoms with E-state index in [9.17, 15) is 8.78 Å². The molecule has 1 aliphatic carbocycles. The summed E-state index contributed by atoms with van der Waals surface area (Å²) in [5, 5.41) is -0.0325. The molecular weight excluding hydrogens is 232 g/mol. The van der Waals surface area contributed by atoms with Crippen LogP contribution in [0.25, 0.3) is 0 Å². The molecule has 1 nitrogen and oxygen atoms in total. The lowest BCUT2D eigenvalue weighted by molar-refractivity contribution is 0.527. The molecule has 0 aromatic heterocycles. The van der Waals surface area contributed by atoms with Crippen molar-refractivity contribution in [3.8, 4) is 0 Å². The number of nitrogens with two attached hydrogens (primary N) is 1. The van der Waals surface area contributed by atoms with Crippen LogP contribution in [-0.2, 0) is 0 Å². The van der Waals surface area contributed by atoms with E-state index in [2.05, 4.69) is 0 Å². The van der Waals surface area contributed by atoms with Crippen LogP contribution in [0, 0.1) is 23.0 Å². The van der Waals surface area contributed by atoms with Gasteiger partial charge in [0.05, 0.1) is 5.02 Å². The molecule has 0 bridgehead atoms. The highest BCUT2D eigenvalue weighted by molar-refractivity contribution is 6.30. The van der Waals surface area contributed by atoms with E-state index in [1.807, 2.05) is 13.8 Å². The Kier molecular flexibility index (Phi) is 2.71. The Morgan fingerprint density at radius 2 is 2.00 bits per heavy atom. The number of benzene rings is 1. The van der Waals surface area contributed by atoms with Crippen molar-refractivity contribution in [2.24, 2.45) is 17.1 Å². The molecule has 2 N–H and O–H groups in total. The zero-order valence-corrected chi connectivity index (χ0v) is 9.98. The Balaban J connectivity index is 2.47. The molecule has 1 aromatic carbocycles. The van der Waals surface area contributed by atoms with Crippen LogP contribution < -0.4 is 5.73 Å². The van der Waals surface area contributed by atoms with E-state index in [1.54, 1.807) is 0 Å². The van der Waals surface area contributed by atoms with Gasteiger partial charge in [0.1, 0.15) is 11.6 Å². The van der Waals surface area contributed by atoms with Crippen molar-refractivity contribution < 1.29 is 8.78 Å². The van der Waals surface area contributed by atoms with Crippen LogP contribution >= 0.6 is 11.6 Å². The van der Waals surface area contributed by atoms with Crippen molar-refractivity contribution in [3.63, 3.8) is 0 Å². The Bertz CT molecular complexity index is 431. The first kappa shape index (κ1) is 11.8. The van der Waals surface area contributed by atoms with Gasteiger partial charge in [0.15, 0.2) is 0 Å². The van der Waals surface area contributed by atoms with Gasteiger partial charge in [0, 0.05) is 5.56 Å². The third kappa shape index (κ3) is 1.54. The lowest BCUT2D eigenvalue weighted by Gasteiger charge is -2.07. The molecule has 2 unspecified atom stereocenters. The molecule has 0 saturated heterocycles. The number of halogens is 3. The van der Waals surface area contributed by atoms with Gasteiger partial charge in [-0.2, -0.15) is 0 Å². The predicted octanol–water partition coefficient (Wildman–Crippen LogP) is 3.32. The molecule has 2 rings (SSSR count). The number of rotatable bonds is 2. The summed E-state index contributed by atoms with van der Waals surface area (Å²) in [6, 6.07) is 2.45. The van der Waals surface area contributed by atoms with Crippen LogP contribution in [0.1, 0.15) is 25.3 Å². The highest BCUT2D eigenvalue weighted by Crippen LogP contribution is 2.64. The minimum absolute atomic E-state index is 0.0325. The van der Waals surface area contributed by atoms with E-state index in [1.165, 1.54) is 12.1 Å². The molecule has 1 fully saturated rings. The van der Waals surface area contributed by atoms with Crippen LogP contribution in [0.5, 0.6) is 0 Å². The summed E-state index contributed by atoms with van der Waals surface area (Å²) in [7, 11) is 0. The second kappa shape index (κ2) is 3.67. The molecule has 0 amide bonds. The molecule has 0 radical (unpaired) electrons. The van der Waals surface area contributed by atoms with Gasteiger partial charge in [-0.3, -0.25) is 0 Å². The standard InChI is InChI=1S/C12H14ClF2N/c1-12(2)6(5-16)10(12)9-8(14)4-3-7(13)11(9)15/h3-4,6,10H,5,16H2,1-2H3. The van der Waals surface area contributed by atoms with E-state index in [-0.39, 0.29) is 27.8 Å². The van der Waals surface area contributed by atoms with Gasteiger partial charge in [-0.25, -0.2) is 8.78 Å². The summed E-state index contributed by atoms with van der Waals surface area (Å²) in [6.45, 7) is 4.37. The molecule has 0 spiro atoms. The lowest BCUT2D eigenvalue weighted by Crippen LogP contribution is -2.05. The fraction of sp³-hybridized carbons (Fsp3) is 0.500. The van der Waals surface area contributed by atoms with E-state index >= 15 is 0 Å². The van der Waals surface area contributed by atoms with Crippen molar-refractivity contribution >= 4 is 11.6 Å². The van der Waals surface area contributed by atoms with Crippen LogP contribution in [0.3, 0.4) is 0 Å². The lowest BCUT2D eigenvalue weighted by atomic mass is 10.0. The monoisotopic (exact) mass is 245 g/mol. The van der Waals surface area contributed by atoms with Gasteiger partial charge in [-0.1, -0.05) is 25.4 Å². The van der Waals surface area contributed by atoms with Gasteiger partial charge in [0.2, 0.25) is 0 Å². The average molecular weight is 246 g/mol. The van der Waals surface area contributed by atoms with Crippen LogP contribution in [-0.4, -0.2) is 6.54 Å². The molecule has 0 heterocycles.